The van der Waals surface area contributed by atoms with Crippen LogP contribution in [-0.4, -0.2) is 24.7 Å². The minimum atomic E-state index is -0.448. The van der Waals surface area contributed by atoms with Gasteiger partial charge in [-0.25, -0.2) is 0 Å². The van der Waals surface area contributed by atoms with Crippen LogP contribution in [-0.2, 0) is 11.3 Å². The Balaban J connectivity index is 1.94. The van der Waals surface area contributed by atoms with E-state index in [2.05, 4.69) is 0 Å². The third-order valence-electron chi connectivity index (χ3n) is 3.45. The Morgan fingerprint density at radius 2 is 2.21 bits per heavy atom. The van der Waals surface area contributed by atoms with E-state index in [1.54, 1.807) is 12.1 Å². The second kappa shape index (κ2) is 5.99. The zero-order valence-corrected chi connectivity index (χ0v) is 10.9. The van der Waals surface area contributed by atoms with Gasteiger partial charge in [-0.3, -0.25) is 10.1 Å². The molecule has 2 N–H and O–H groups in total. The number of rotatable bonds is 6. The number of hydrogen-bond acceptors (Lipinski definition) is 5. The van der Waals surface area contributed by atoms with Crippen LogP contribution in [0.1, 0.15) is 18.4 Å². The molecule has 0 amide bonds. The van der Waals surface area contributed by atoms with Crippen molar-refractivity contribution in [3.63, 3.8) is 0 Å². The second-order valence-electron chi connectivity index (χ2n) is 4.77. The average molecular weight is 266 g/mol. The monoisotopic (exact) mass is 266 g/mol. The number of benzene rings is 1. The summed E-state index contributed by atoms with van der Waals surface area (Å²) < 4.78 is 10.6. The summed E-state index contributed by atoms with van der Waals surface area (Å²) in [6.07, 6.45) is 2.19. The zero-order valence-electron chi connectivity index (χ0n) is 10.9. The SMILES string of the molecule is COc1ccc(COC2CC(CN)C2)cc1[N+](=O)[O-]. The first-order chi connectivity index (χ1) is 9.13. The molecule has 1 aromatic carbocycles. The highest BCUT2D eigenvalue weighted by Gasteiger charge is 2.28. The van der Waals surface area contributed by atoms with E-state index >= 15 is 0 Å². The number of hydrogen-bond donors (Lipinski definition) is 1. The van der Waals surface area contributed by atoms with Crippen molar-refractivity contribution < 1.29 is 14.4 Å². The van der Waals surface area contributed by atoms with Crippen molar-refractivity contribution in [2.24, 2.45) is 11.7 Å². The number of nitro benzene ring substituents is 1. The molecule has 0 unspecified atom stereocenters. The third kappa shape index (κ3) is 3.21. The first-order valence-electron chi connectivity index (χ1n) is 6.27. The highest BCUT2D eigenvalue weighted by atomic mass is 16.6. The number of nitro groups is 1. The molecule has 0 atom stereocenters. The van der Waals surface area contributed by atoms with Crippen molar-refractivity contribution in [2.45, 2.75) is 25.6 Å². The van der Waals surface area contributed by atoms with Gasteiger partial charge in [0.15, 0.2) is 5.75 Å². The van der Waals surface area contributed by atoms with E-state index in [1.165, 1.54) is 13.2 Å². The lowest BCUT2D eigenvalue weighted by atomic mass is 9.82. The normalized spacial score (nSPS) is 21.8. The van der Waals surface area contributed by atoms with Gasteiger partial charge in [0.05, 0.1) is 24.7 Å². The molecule has 1 aliphatic carbocycles. The van der Waals surface area contributed by atoms with Gasteiger partial charge in [0.2, 0.25) is 0 Å². The fourth-order valence-electron chi connectivity index (χ4n) is 2.19. The first kappa shape index (κ1) is 13.8. The quantitative estimate of drug-likeness (QED) is 0.627. The fourth-order valence-corrected chi connectivity index (χ4v) is 2.19. The van der Waals surface area contributed by atoms with Crippen LogP contribution in [0.2, 0.25) is 0 Å². The Labute approximate surface area is 111 Å². The summed E-state index contributed by atoms with van der Waals surface area (Å²) in [5.41, 5.74) is 6.29. The molecule has 1 aliphatic rings. The van der Waals surface area contributed by atoms with Gasteiger partial charge in [-0.2, -0.15) is 0 Å². The van der Waals surface area contributed by atoms with Crippen LogP contribution in [0.15, 0.2) is 18.2 Å². The molecule has 1 fully saturated rings. The second-order valence-corrected chi connectivity index (χ2v) is 4.77. The molecular formula is C13H18N2O4. The zero-order chi connectivity index (χ0) is 13.8. The molecule has 6 heteroatoms. The standard InChI is InChI=1S/C13H18N2O4/c1-18-13-3-2-9(6-12(13)15(16)17)8-19-11-4-10(5-11)7-14/h2-3,6,10-11H,4-5,7-8,14H2,1H3. The lowest BCUT2D eigenvalue weighted by Crippen LogP contribution is -2.35. The largest absolute Gasteiger partial charge is 0.490 e. The van der Waals surface area contributed by atoms with Crippen LogP contribution < -0.4 is 10.5 Å². The molecule has 6 nitrogen and oxygen atoms in total. The molecule has 0 spiro atoms. The van der Waals surface area contributed by atoms with Gasteiger partial charge in [0, 0.05) is 6.07 Å². The van der Waals surface area contributed by atoms with Gasteiger partial charge in [-0.05, 0) is 36.9 Å². The van der Waals surface area contributed by atoms with E-state index in [0.717, 1.165) is 18.4 Å². The van der Waals surface area contributed by atoms with Gasteiger partial charge < -0.3 is 15.2 Å². The smallest absolute Gasteiger partial charge is 0.311 e. The summed E-state index contributed by atoms with van der Waals surface area (Å²) in [5.74, 6) is 0.829. The van der Waals surface area contributed by atoms with Crippen molar-refractivity contribution in [3.05, 3.63) is 33.9 Å². The maximum absolute atomic E-state index is 10.9. The highest BCUT2D eigenvalue weighted by molar-refractivity contribution is 5.48. The third-order valence-corrected chi connectivity index (χ3v) is 3.45. The van der Waals surface area contributed by atoms with Crippen molar-refractivity contribution in [1.82, 2.24) is 0 Å². The van der Waals surface area contributed by atoms with Gasteiger partial charge in [0.25, 0.3) is 0 Å². The summed E-state index contributed by atoms with van der Waals surface area (Å²) in [7, 11) is 1.42. The molecule has 2 rings (SSSR count). The van der Waals surface area contributed by atoms with Crippen LogP contribution in [0, 0.1) is 16.0 Å². The maximum atomic E-state index is 10.9. The van der Waals surface area contributed by atoms with E-state index in [-0.39, 0.29) is 17.5 Å². The first-order valence-corrected chi connectivity index (χ1v) is 6.27. The van der Waals surface area contributed by atoms with Gasteiger partial charge in [-0.15, -0.1) is 0 Å². The van der Waals surface area contributed by atoms with Crippen LogP contribution in [0.25, 0.3) is 0 Å². The molecular weight excluding hydrogens is 248 g/mol. The molecule has 1 aromatic rings. The Bertz CT molecular complexity index is 458. The van der Waals surface area contributed by atoms with Crippen LogP contribution in [0.3, 0.4) is 0 Å². The predicted molar refractivity (Wildman–Crippen MR) is 70.0 cm³/mol. The van der Waals surface area contributed by atoms with Gasteiger partial charge in [-0.1, -0.05) is 6.07 Å². The van der Waals surface area contributed by atoms with Crippen molar-refractivity contribution >= 4 is 5.69 Å². The minimum Gasteiger partial charge on any atom is -0.490 e. The fraction of sp³-hybridized carbons (Fsp3) is 0.538. The van der Waals surface area contributed by atoms with Crippen LogP contribution in [0.4, 0.5) is 5.69 Å². The summed E-state index contributed by atoms with van der Waals surface area (Å²) in [6, 6.07) is 4.88. The van der Waals surface area contributed by atoms with E-state index in [1.807, 2.05) is 0 Å². The molecule has 19 heavy (non-hydrogen) atoms. The lowest BCUT2D eigenvalue weighted by molar-refractivity contribution is -0.385. The summed E-state index contributed by atoms with van der Waals surface area (Å²) >= 11 is 0. The number of ether oxygens (including phenoxy) is 2. The molecule has 104 valence electrons. The van der Waals surface area contributed by atoms with Crippen LogP contribution >= 0.6 is 0 Å². The summed E-state index contributed by atoms with van der Waals surface area (Å²) in [4.78, 5) is 10.4. The molecule has 0 bridgehead atoms. The van der Waals surface area contributed by atoms with Crippen molar-refractivity contribution in [2.75, 3.05) is 13.7 Å². The van der Waals surface area contributed by atoms with Crippen LogP contribution in [0.5, 0.6) is 5.75 Å². The predicted octanol–water partition coefficient (Wildman–Crippen LogP) is 1.86. The lowest BCUT2D eigenvalue weighted by Gasteiger charge is -2.34. The molecule has 0 aromatic heterocycles. The van der Waals surface area contributed by atoms with Crippen molar-refractivity contribution in [3.8, 4) is 5.75 Å². The molecule has 1 saturated carbocycles. The summed E-state index contributed by atoms with van der Waals surface area (Å²) in [6.45, 7) is 1.08. The number of methoxy groups -OCH3 is 1. The molecule has 0 saturated heterocycles. The van der Waals surface area contributed by atoms with Crippen molar-refractivity contribution in [1.29, 1.82) is 0 Å². The number of nitrogens with two attached hydrogens (primary N) is 1. The topological polar surface area (TPSA) is 87.6 Å². The minimum absolute atomic E-state index is 0.0305. The summed E-state index contributed by atoms with van der Waals surface area (Å²) in [5, 5.41) is 10.9. The van der Waals surface area contributed by atoms with Gasteiger partial charge in [0.1, 0.15) is 0 Å². The Morgan fingerprint density at radius 3 is 2.79 bits per heavy atom. The molecule has 0 aliphatic heterocycles. The molecule has 0 heterocycles. The average Bonchev–Trinajstić information content (AvgIpc) is 2.37. The van der Waals surface area contributed by atoms with E-state index in [4.69, 9.17) is 15.2 Å². The van der Waals surface area contributed by atoms with Gasteiger partial charge >= 0.3 is 5.69 Å². The Morgan fingerprint density at radius 1 is 1.47 bits per heavy atom. The van der Waals surface area contributed by atoms with E-state index in [0.29, 0.717) is 19.1 Å². The maximum Gasteiger partial charge on any atom is 0.311 e. The van der Waals surface area contributed by atoms with E-state index < -0.39 is 4.92 Å². The number of nitrogens with zero attached hydrogens (tertiary/aromatic N) is 1. The Kier molecular flexibility index (Phi) is 4.34. The molecule has 0 radical (unpaired) electrons. The highest BCUT2D eigenvalue weighted by Crippen LogP contribution is 2.31. The van der Waals surface area contributed by atoms with E-state index in [9.17, 15) is 10.1 Å². The Hall–Kier alpha value is -1.66.